The molecule has 0 fully saturated rings. The SMILES string of the molecule is CC(C)(C)c1cc2ccc3c4cc(c5ccc(c1)c2c35)N1c2cccc(c2)N(c2ccccc2)c2cccc(c2)C1N4c1cccc(N(c2ccccc2)c2ccccc2)c1. The van der Waals surface area contributed by atoms with Crippen molar-refractivity contribution in [3.8, 4) is 0 Å². The maximum atomic E-state index is 2.60. The maximum absolute atomic E-state index is 2.60. The van der Waals surface area contributed by atoms with Gasteiger partial charge in [-0.2, -0.15) is 0 Å². The summed E-state index contributed by atoms with van der Waals surface area (Å²) in [5.41, 5.74) is 13.9. The molecule has 12 rings (SSSR count). The lowest BCUT2D eigenvalue weighted by Crippen LogP contribution is -2.40. The van der Waals surface area contributed by atoms with Gasteiger partial charge in [-0.05, 0) is 124 Å². The van der Waals surface area contributed by atoms with Gasteiger partial charge in [0.1, 0.15) is 6.17 Å². The second-order valence-corrected chi connectivity index (χ2v) is 17.5. The van der Waals surface area contributed by atoms with E-state index in [1.54, 1.807) is 0 Å². The van der Waals surface area contributed by atoms with E-state index in [4.69, 9.17) is 0 Å². The first-order valence-corrected chi connectivity index (χ1v) is 21.3. The number of anilines is 10. The standard InChI is InChI=1S/C57H44N4/c1-57(2,3)41-32-38-28-30-50-52-37-53(51-31-29-39(33-41)54(38)55(50)51)61-49-27-15-25-47(36-49)59(44-21-11-6-12-22-44)45-23-13-16-40(34-45)56(61)60(52)48-26-14-24-46(35-48)58(42-17-7-4-8-18-42)43-19-9-5-10-20-43/h4-37,56H,1-3H3. The van der Waals surface area contributed by atoms with Gasteiger partial charge in [-0.3, -0.25) is 0 Å². The van der Waals surface area contributed by atoms with Gasteiger partial charge in [0.15, 0.2) is 0 Å². The molecule has 0 saturated carbocycles. The van der Waals surface area contributed by atoms with Gasteiger partial charge in [0.2, 0.25) is 0 Å². The van der Waals surface area contributed by atoms with Gasteiger partial charge in [-0.15, -0.1) is 0 Å². The summed E-state index contributed by atoms with van der Waals surface area (Å²) in [5, 5.41) is 7.73. The monoisotopic (exact) mass is 784 g/mol. The lowest BCUT2D eigenvalue weighted by molar-refractivity contribution is 0.591. The minimum atomic E-state index is -0.215. The molecule has 292 valence electrons. The Kier molecular flexibility index (Phi) is 7.82. The molecule has 10 aromatic carbocycles. The van der Waals surface area contributed by atoms with Crippen molar-refractivity contribution in [2.24, 2.45) is 0 Å². The van der Waals surface area contributed by atoms with Crippen LogP contribution in [-0.2, 0) is 5.41 Å². The second kappa shape index (κ2) is 13.5. The van der Waals surface area contributed by atoms with E-state index in [0.717, 1.165) is 45.5 Å². The Hall–Kier alpha value is -7.56. The number of hydrogen-bond donors (Lipinski definition) is 0. The number of nitrogens with zero attached hydrogens (tertiary/aromatic N) is 4. The van der Waals surface area contributed by atoms with Crippen LogP contribution in [-0.4, -0.2) is 0 Å². The molecular weight excluding hydrogens is 741 g/mol. The highest BCUT2D eigenvalue weighted by atomic mass is 15.4. The van der Waals surface area contributed by atoms with Crippen LogP contribution >= 0.6 is 0 Å². The molecule has 10 aromatic rings. The van der Waals surface area contributed by atoms with Crippen molar-refractivity contribution in [3.63, 3.8) is 0 Å². The summed E-state index contributed by atoms with van der Waals surface area (Å²) in [4.78, 5) is 9.94. The lowest BCUT2D eigenvalue weighted by atomic mass is 9.82. The molecule has 6 bridgehead atoms. The van der Waals surface area contributed by atoms with Crippen molar-refractivity contribution in [1.82, 2.24) is 0 Å². The molecule has 1 atom stereocenters. The molecule has 4 nitrogen and oxygen atoms in total. The van der Waals surface area contributed by atoms with Gasteiger partial charge < -0.3 is 19.6 Å². The van der Waals surface area contributed by atoms with Crippen molar-refractivity contribution in [3.05, 3.63) is 217 Å². The van der Waals surface area contributed by atoms with Gasteiger partial charge in [-0.1, -0.05) is 136 Å². The molecule has 0 N–H and O–H groups in total. The third-order valence-corrected chi connectivity index (χ3v) is 12.7. The predicted molar refractivity (Wildman–Crippen MR) is 258 cm³/mol. The van der Waals surface area contributed by atoms with Crippen LogP contribution in [0.5, 0.6) is 0 Å². The zero-order valence-corrected chi connectivity index (χ0v) is 34.5. The average molecular weight is 785 g/mol. The molecule has 2 heterocycles. The van der Waals surface area contributed by atoms with Crippen LogP contribution in [0.3, 0.4) is 0 Å². The summed E-state index contributed by atoms with van der Waals surface area (Å²) < 4.78 is 0. The van der Waals surface area contributed by atoms with Crippen LogP contribution in [0.15, 0.2) is 206 Å². The van der Waals surface area contributed by atoms with Crippen LogP contribution in [0.2, 0.25) is 0 Å². The minimum absolute atomic E-state index is 0.0326. The number of fused-ring (bicyclic) bond motifs is 12. The molecule has 2 aliphatic rings. The van der Waals surface area contributed by atoms with E-state index in [-0.39, 0.29) is 11.6 Å². The molecule has 0 amide bonds. The molecule has 2 aliphatic heterocycles. The molecule has 0 aliphatic carbocycles. The van der Waals surface area contributed by atoms with E-state index in [0.29, 0.717) is 0 Å². The Balaban J connectivity index is 1.17. The Bertz CT molecular complexity index is 3200. The van der Waals surface area contributed by atoms with Gasteiger partial charge in [0.05, 0.1) is 11.4 Å². The highest BCUT2D eigenvalue weighted by Gasteiger charge is 2.39. The van der Waals surface area contributed by atoms with Crippen LogP contribution in [0.25, 0.3) is 32.3 Å². The fourth-order valence-electron chi connectivity index (χ4n) is 9.96. The Morgan fingerprint density at radius 3 is 1.49 bits per heavy atom. The summed E-state index contributed by atoms with van der Waals surface area (Å²) in [6, 6.07) is 76.3. The topological polar surface area (TPSA) is 13.0 Å². The number of rotatable bonds is 5. The van der Waals surface area contributed by atoms with Gasteiger partial charge >= 0.3 is 0 Å². The van der Waals surface area contributed by atoms with Crippen LogP contribution in [0.1, 0.15) is 38.1 Å². The molecule has 0 saturated heterocycles. The zero-order chi connectivity index (χ0) is 40.8. The predicted octanol–water partition coefficient (Wildman–Crippen LogP) is 16.1. The first-order valence-electron chi connectivity index (χ1n) is 21.3. The van der Waals surface area contributed by atoms with Crippen LogP contribution in [0, 0.1) is 0 Å². The van der Waals surface area contributed by atoms with E-state index < -0.39 is 0 Å². The Morgan fingerprint density at radius 2 is 0.885 bits per heavy atom. The summed E-state index contributed by atoms with van der Waals surface area (Å²) in [7, 11) is 0. The highest BCUT2D eigenvalue weighted by molar-refractivity contribution is 6.29. The molecule has 0 radical (unpaired) electrons. The maximum Gasteiger partial charge on any atom is 0.137 e. The summed E-state index contributed by atoms with van der Waals surface area (Å²) in [6.45, 7) is 6.93. The first-order chi connectivity index (χ1) is 29.9. The van der Waals surface area contributed by atoms with Crippen molar-refractivity contribution in [2.75, 3.05) is 19.6 Å². The smallest absolute Gasteiger partial charge is 0.137 e. The van der Waals surface area contributed by atoms with E-state index in [9.17, 15) is 0 Å². The Morgan fingerprint density at radius 1 is 0.393 bits per heavy atom. The van der Waals surface area contributed by atoms with Gasteiger partial charge in [0, 0.05) is 61.7 Å². The average Bonchev–Trinajstić information content (AvgIpc) is 3.32. The van der Waals surface area contributed by atoms with Crippen molar-refractivity contribution in [2.45, 2.75) is 32.4 Å². The number of hydrogen-bond acceptors (Lipinski definition) is 4. The molecule has 1 unspecified atom stereocenters. The summed E-state index contributed by atoms with van der Waals surface area (Å²) in [6.07, 6.45) is -0.215. The van der Waals surface area contributed by atoms with E-state index in [1.807, 2.05) is 0 Å². The Labute approximate surface area is 357 Å². The van der Waals surface area contributed by atoms with E-state index in [1.165, 1.54) is 54.8 Å². The van der Waals surface area contributed by atoms with Crippen LogP contribution in [0.4, 0.5) is 56.9 Å². The lowest BCUT2D eigenvalue weighted by Gasteiger charge is -2.47. The highest BCUT2D eigenvalue weighted by Crippen LogP contribution is 2.57. The van der Waals surface area contributed by atoms with Crippen LogP contribution < -0.4 is 19.6 Å². The second-order valence-electron chi connectivity index (χ2n) is 17.5. The van der Waals surface area contributed by atoms with E-state index in [2.05, 4.69) is 247 Å². The first kappa shape index (κ1) is 35.4. The summed E-state index contributed by atoms with van der Waals surface area (Å²) >= 11 is 0. The third-order valence-electron chi connectivity index (χ3n) is 12.7. The largest absolute Gasteiger partial charge is 0.315 e. The van der Waals surface area contributed by atoms with Gasteiger partial charge in [0.25, 0.3) is 0 Å². The fraction of sp³-hybridized carbons (Fsp3) is 0.0877. The third kappa shape index (κ3) is 5.59. The van der Waals surface area contributed by atoms with Crippen molar-refractivity contribution in [1.29, 1.82) is 0 Å². The quantitative estimate of drug-likeness (QED) is 0.161. The molecule has 61 heavy (non-hydrogen) atoms. The number of benzene rings is 10. The molecule has 0 aromatic heterocycles. The zero-order valence-electron chi connectivity index (χ0n) is 34.5. The van der Waals surface area contributed by atoms with Gasteiger partial charge in [-0.25, -0.2) is 0 Å². The minimum Gasteiger partial charge on any atom is -0.315 e. The van der Waals surface area contributed by atoms with Crippen molar-refractivity contribution < 1.29 is 0 Å². The van der Waals surface area contributed by atoms with E-state index >= 15 is 0 Å². The molecule has 4 heteroatoms. The summed E-state index contributed by atoms with van der Waals surface area (Å²) in [5.74, 6) is 0. The fourth-order valence-corrected chi connectivity index (χ4v) is 9.96. The normalized spacial score (nSPS) is 14.5. The molecule has 0 spiro atoms. The number of para-hydroxylation sites is 3. The van der Waals surface area contributed by atoms with Crippen molar-refractivity contribution >= 4 is 89.2 Å². The molecular formula is C57H44N4.